The van der Waals surface area contributed by atoms with Crippen molar-refractivity contribution in [2.75, 3.05) is 19.7 Å². The van der Waals surface area contributed by atoms with Gasteiger partial charge in [0.2, 0.25) is 0 Å². The van der Waals surface area contributed by atoms with E-state index in [0.29, 0.717) is 24.6 Å². The molecular weight excluding hydrogens is 312 g/mol. The lowest BCUT2D eigenvalue weighted by atomic mass is 9.79. The summed E-state index contributed by atoms with van der Waals surface area (Å²) in [5.41, 5.74) is 6.79. The number of amides is 1. The number of piperidine rings is 1. The molecule has 1 atom stereocenters. The third-order valence-electron chi connectivity index (χ3n) is 4.26. The van der Waals surface area contributed by atoms with Gasteiger partial charge in [0.15, 0.2) is 0 Å². The number of halogens is 1. The minimum atomic E-state index is -0.0420. The van der Waals surface area contributed by atoms with Crippen LogP contribution in [0.25, 0.3) is 0 Å². The second-order valence-corrected chi connectivity index (χ2v) is 7.34. The van der Waals surface area contributed by atoms with Crippen LogP contribution < -0.4 is 10.5 Å². The second kappa shape index (κ2) is 8.02. The Balaban J connectivity index is 0.00000264. The van der Waals surface area contributed by atoms with E-state index < -0.39 is 0 Å². The van der Waals surface area contributed by atoms with E-state index in [4.69, 9.17) is 10.5 Å². The molecule has 1 heterocycles. The zero-order valence-electron chi connectivity index (χ0n) is 14.5. The first-order chi connectivity index (χ1) is 10.3. The predicted octanol–water partition coefficient (Wildman–Crippen LogP) is 3.34. The van der Waals surface area contributed by atoms with Crippen molar-refractivity contribution in [2.45, 2.75) is 40.2 Å². The summed E-state index contributed by atoms with van der Waals surface area (Å²) >= 11 is 0. The maximum absolute atomic E-state index is 12.7. The van der Waals surface area contributed by atoms with Crippen LogP contribution in [0.2, 0.25) is 0 Å². The maximum atomic E-state index is 12.7. The van der Waals surface area contributed by atoms with Crippen LogP contribution in [-0.4, -0.2) is 36.5 Å². The Morgan fingerprint density at radius 3 is 2.74 bits per heavy atom. The van der Waals surface area contributed by atoms with E-state index in [1.54, 1.807) is 0 Å². The van der Waals surface area contributed by atoms with E-state index in [0.717, 1.165) is 18.7 Å². The highest BCUT2D eigenvalue weighted by Crippen LogP contribution is 2.29. The van der Waals surface area contributed by atoms with Crippen LogP contribution in [0.5, 0.6) is 5.75 Å². The summed E-state index contributed by atoms with van der Waals surface area (Å²) in [6.45, 7) is 10.5. The molecule has 0 aliphatic carbocycles. The van der Waals surface area contributed by atoms with Crippen molar-refractivity contribution < 1.29 is 9.53 Å². The number of carbonyl (C=O) groups excluding carboxylic acids is 1. The first-order valence-corrected chi connectivity index (χ1v) is 8.07. The lowest BCUT2D eigenvalue weighted by Crippen LogP contribution is -2.53. The number of hydrogen-bond acceptors (Lipinski definition) is 3. The van der Waals surface area contributed by atoms with Crippen LogP contribution >= 0.6 is 12.4 Å². The van der Waals surface area contributed by atoms with Crippen LogP contribution in [0.1, 0.15) is 44.5 Å². The molecule has 0 spiro atoms. The topological polar surface area (TPSA) is 55.6 Å². The van der Waals surface area contributed by atoms with Gasteiger partial charge in [-0.2, -0.15) is 0 Å². The van der Waals surface area contributed by atoms with Gasteiger partial charge in [0.25, 0.3) is 5.91 Å². The van der Waals surface area contributed by atoms with Gasteiger partial charge in [0, 0.05) is 24.7 Å². The summed E-state index contributed by atoms with van der Waals surface area (Å²) in [5.74, 6) is 1.28. The second-order valence-electron chi connectivity index (χ2n) is 7.34. The number of nitrogens with zero attached hydrogens (tertiary/aromatic N) is 1. The highest BCUT2D eigenvalue weighted by molar-refractivity contribution is 5.94. The van der Waals surface area contributed by atoms with Crippen molar-refractivity contribution in [1.82, 2.24) is 4.90 Å². The van der Waals surface area contributed by atoms with Gasteiger partial charge in [0.05, 0.1) is 6.61 Å². The average Bonchev–Trinajstić information content (AvgIpc) is 2.47. The van der Waals surface area contributed by atoms with Crippen LogP contribution in [0.15, 0.2) is 24.3 Å². The molecule has 23 heavy (non-hydrogen) atoms. The maximum Gasteiger partial charge on any atom is 0.254 e. The van der Waals surface area contributed by atoms with Crippen LogP contribution in [-0.2, 0) is 0 Å². The molecular formula is C18H29ClN2O2. The van der Waals surface area contributed by atoms with Gasteiger partial charge >= 0.3 is 0 Å². The van der Waals surface area contributed by atoms with E-state index in [9.17, 15) is 4.79 Å². The van der Waals surface area contributed by atoms with Gasteiger partial charge in [-0.05, 0) is 36.0 Å². The summed E-state index contributed by atoms with van der Waals surface area (Å²) in [6, 6.07) is 7.62. The van der Waals surface area contributed by atoms with Crippen molar-refractivity contribution >= 4 is 18.3 Å². The Morgan fingerprint density at radius 2 is 2.13 bits per heavy atom. The van der Waals surface area contributed by atoms with Crippen molar-refractivity contribution in [2.24, 2.45) is 17.1 Å². The fourth-order valence-electron chi connectivity index (χ4n) is 2.71. The molecule has 0 aromatic heterocycles. The number of rotatable bonds is 4. The minimum Gasteiger partial charge on any atom is -0.493 e. The van der Waals surface area contributed by atoms with Crippen LogP contribution in [0.4, 0.5) is 0 Å². The molecule has 0 saturated carbocycles. The molecule has 1 aliphatic heterocycles. The van der Waals surface area contributed by atoms with Crippen molar-refractivity contribution in [3.63, 3.8) is 0 Å². The largest absolute Gasteiger partial charge is 0.493 e. The van der Waals surface area contributed by atoms with Gasteiger partial charge in [0.1, 0.15) is 5.75 Å². The standard InChI is InChI=1S/C18H28N2O2.ClH/c1-13(2)11-22-15-7-5-6-14(10-15)17(21)20-9-8-16(19)18(3,4)12-20;/h5-7,10,13,16H,8-9,11-12,19H2,1-4H3;1H. The lowest BCUT2D eigenvalue weighted by Gasteiger charge is -2.42. The third kappa shape index (κ3) is 5.11. The molecule has 1 amide bonds. The summed E-state index contributed by atoms with van der Waals surface area (Å²) < 4.78 is 5.71. The van der Waals surface area contributed by atoms with Crippen molar-refractivity contribution in [1.29, 1.82) is 0 Å². The molecule has 5 heteroatoms. The van der Waals surface area contributed by atoms with Crippen LogP contribution in [0.3, 0.4) is 0 Å². The van der Waals surface area contributed by atoms with Gasteiger partial charge in [-0.25, -0.2) is 0 Å². The average molecular weight is 341 g/mol. The smallest absolute Gasteiger partial charge is 0.254 e. The van der Waals surface area contributed by atoms with Gasteiger partial charge in [-0.15, -0.1) is 12.4 Å². The zero-order valence-corrected chi connectivity index (χ0v) is 15.4. The number of hydrogen-bond donors (Lipinski definition) is 1. The Kier molecular flexibility index (Phi) is 6.90. The summed E-state index contributed by atoms with van der Waals surface area (Å²) in [7, 11) is 0. The fourth-order valence-corrected chi connectivity index (χ4v) is 2.71. The molecule has 1 aromatic carbocycles. The molecule has 4 nitrogen and oxygen atoms in total. The number of benzene rings is 1. The van der Waals surface area contributed by atoms with Gasteiger partial charge in [-0.3, -0.25) is 4.79 Å². The molecule has 1 aromatic rings. The van der Waals surface area contributed by atoms with E-state index in [1.807, 2.05) is 29.2 Å². The summed E-state index contributed by atoms with van der Waals surface area (Å²) in [4.78, 5) is 14.6. The predicted molar refractivity (Wildman–Crippen MR) is 96.3 cm³/mol. The molecule has 1 fully saturated rings. The first-order valence-electron chi connectivity index (χ1n) is 8.07. The Hall–Kier alpha value is -1.26. The Labute approximate surface area is 145 Å². The van der Waals surface area contributed by atoms with Crippen LogP contribution in [0, 0.1) is 11.3 Å². The SMILES string of the molecule is CC(C)COc1cccc(C(=O)N2CCC(N)C(C)(C)C2)c1.Cl. The molecule has 1 saturated heterocycles. The zero-order chi connectivity index (χ0) is 16.3. The molecule has 1 aliphatic rings. The van der Waals surface area contributed by atoms with E-state index in [2.05, 4.69) is 27.7 Å². The van der Waals surface area contributed by atoms with Crippen molar-refractivity contribution in [3.8, 4) is 5.75 Å². The van der Waals surface area contributed by atoms with E-state index >= 15 is 0 Å². The summed E-state index contributed by atoms with van der Waals surface area (Å²) in [6.07, 6.45) is 0.849. The number of ether oxygens (including phenoxy) is 1. The quantitative estimate of drug-likeness (QED) is 0.914. The Morgan fingerprint density at radius 1 is 1.43 bits per heavy atom. The monoisotopic (exact) mass is 340 g/mol. The Bertz CT molecular complexity index is 532. The number of likely N-dealkylation sites (tertiary alicyclic amines) is 1. The molecule has 2 rings (SSSR count). The lowest BCUT2D eigenvalue weighted by molar-refractivity contribution is 0.0532. The molecule has 1 unspecified atom stereocenters. The van der Waals surface area contributed by atoms with E-state index in [1.165, 1.54) is 0 Å². The first kappa shape index (κ1) is 19.8. The highest BCUT2D eigenvalue weighted by atomic mass is 35.5. The van der Waals surface area contributed by atoms with E-state index in [-0.39, 0.29) is 29.8 Å². The van der Waals surface area contributed by atoms with Crippen molar-refractivity contribution in [3.05, 3.63) is 29.8 Å². The number of carbonyl (C=O) groups is 1. The third-order valence-corrected chi connectivity index (χ3v) is 4.26. The summed E-state index contributed by atoms with van der Waals surface area (Å²) in [5, 5.41) is 0. The fraction of sp³-hybridized carbons (Fsp3) is 0.611. The number of nitrogens with two attached hydrogens (primary N) is 1. The molecule has 130 valence electrons. The normalized spacial score (nSPS) is 20.1. The molecule has 2 N–H and O–H groups in total. The highest BCUT2D eigenvalue weighted by Gasteiger charge is 2.35. The van der Waals surface area contributed by atoms with Gasteiger partial charge in [-0.1, -0.05) is 33.8 Å². The van der Waals surface area contributed by atoms with Gasteiger partial charge < -0.3 is 15.4 Å². The molecule has 0 radical (unpaired) electrons. The minimum absolute atomic E-state index is 0. The molecule has 0 bridgehead atoms.